The number of ether oxygens (including phenoxy) is 1. The van der Waals surface area contributed by atoms with Gasteiger partial charge >= 0.3 is 0 Å². The summed E-state index contributed by atoms with van der Waals surface area (Å²) in [6.07, 6.45) is 3.83. The standard InChI is InChI=1S/C39H42N6O2S/c1-7-26(2)25-47-31-10-8-9-29(22-31)38(42)45-24-33(19-20-35(45)41)48-32-17-13-28(14-18-32)21-37(46)44-36(23-34(40)39(4,5)6)43-30-15-11-27(3)12-16-30/h7-20,22,24,40-42H,1-2,21,23,25H2,3-6H3,(H,43,44,46). The monoisotopic (exact) mass is 658 g/mol. The van der Waals surface area contributed by atoms with Crippen molar-refractivity contribution in [1.29, 1.82) is 16.2 Å². The van der Waals surface area contributed by atoms with Gasteiger partial charge in [-0.05, 0) is 72.0 Å². The maximum atomic E-state index is 13.1. The van der Waals surface area contributed by atoms with Crippen LogP contribution in [-0.4, -0.2) is 34.5 Å². The van der Waals surface area contributed by atoms with Gasteiger partial charge in [-0.25, -0.2) is 4.99 Å². The highest BCUT2D eigenvalue weighted by Crippen LogP contribution is 2.27. The number of nitrogens with zero attached hydrogens (tertiary/aromatic N) is 2. The van der Waals surface area contributed by atoms with E-state index in [1.807, 2.05) is 100 Å². The zero-order valence-corrected chi connectivity index (χ0v) is 28.7. The maximum absolute atomic E-state index is 13.1. The Morgan fingerprint density at radius 2 is 1.69 bits per heavy atom. The highest BCUT2D eigenvalue weighted by Gasteiger charge is 2.20. The summed E-state index contributed by atoms with van der Waals surface area (Å²) >= 11 is 1.50. The van der Waals surface area contributed by atoms with Crippen LogP contribution < -0.4 is 15.5 Å². The molecular formula is C39H42N6O2S. The molecule has 0 aliphatic rings. The predicted molar refractivity (Wildman–Crippen MR) is 196 cm³/mol. The SMILES string of the molecule is C=CC(=C)COc1cccc(C(=N)n2cc(Sc3ccc(CC(=O)NC(CC(=N)C(C)(C)C)=Nc4ccc(C)cc4)cc3)ccc2=N)c1. The zero-order valence-electron chi connectivity index (χ0n) is 27.9. The van der Waals surface area contributed by atoms with Gasteiger partial charge < -0.3 is 15.5 Å². The van der Waals surface area contributed by atoms with Gasteiger partial charge in [0.25, 0.3) is 0 Å². The van der Waals surface area contributed by atoms with Crippen LogP contribution in [-0.2, 0) is 11.2 Å². The number of amides is 1. The molecule has 0 atom stereocenters. The molecule has 0 saturated heterocycles. The van der Waals surface area contributed by atoms with Gasteiger partial charge in [-0.3, -0.25) is 20.2 Å². The molecule has 0 unspecified atom stereocenters. The molecule has 0 saturated carbocycles. The fourth-order valence-electron chi connectivity index (χ4n) is 4.36. The molecule has 4 rings (SSSR count). The summed E-state index contributed by atoms with van der Waals surface area (Å²) in [5.74, 6) is 1.00. The van der Waals surface area contributed by atoms with Crippen molar-refractivity contribution in [3.8, 4) is 5.75 Å². The Morgan fingerprint density at radius 3 is 2.35 bits per heavy atom. The minimum atomic E-state index is -0.339. The average molecular weight is 659 g/mol. The summed E-state index contributed by atoms with van der Waals surface area (Å²) in [6, 6.07) is 26.2. The van der Waals surface area contributed by atoms with Crippen molar-refractivity contribution in [2.45, 2.75) is 50.3 Å². The fourth-order valence-corrected chi connectivity index (χ4v) is 5.19. The molecule has 0 aliphatic carbocycles. The van der Waals surface area contributed by atoms with Gasteiger partial charge in [-0.2, -0.15) is 0 Å². The molecule has 8 nitrogen and oxygen atoms in total. The van der Waals surface area contributed by atoms with E-state index in [4.69, 9.17) is 21.0 Å². The highest BCUT2D eigenvalue weighted by atomic mass is 32.2. The number of hydrogen-bond donors (Lipinski definition) is 4. The lowest BCUT2D eigenvalue weighted by Crippen LogP contribution is -2.35. The number of aromatic nitrogens is 1. The van der Waals surface area contributed by atoms with Crippen molar-refractivity contribution in [3.05, 3.63) is 138 Å². The molecule has 4 aromatic rings. The maximum Gasteiger partial charge on any atom is 0.229 e. The van der Waals surface area contributed by atoms with Gasteiger partial charge in [0.05, 0.1) is 12.1 Å². The van der Waals surface area contributed by atoms with Crippen LogP contribution in [0.5, 0.6) is 5.75 Å². The largest absolute Gasteiger partial charge is 0.489 e. The van der Waals surface area contributed by atoms with E-state index in [9.17, 15) is 4.79 Å². The van der Waals surface area contributed by atoms with Crippen LogP contribution in [0, 0.1) is 28.6 Å². The van der Waals surface area contributed by atoms with Crippen LogP contribution in [0.4, 0.5) is 5.69 Å². The Kier molecular flexibility index (Phi) is 11.9. The number of nitrogens with one attached hydrogen (secondary N) is 4. The summed E-state index contributed by atoms with van der Waals surface area (Å²) in [5, 5.41) is 28.7. The summed E-state index contributed by atoms with van der Waals surface area (Å²) in [5.41, 5.74) is 4.38. The second-order valence-electron chi connectivity index (χ2n) is 12.4. The number of aryl methyl sites for hydroxylation is 1. The lowest BCUT2D eigenvalue weighted by Gasteiger charge is -2.21. The van der Waals surface area contributed by atoms with Crippen molar-refractivity contribution >= 4 is 40.7 Å². The molecule has 0 bridgehead atoms. The molecule has 4 N–H and O–H groups in total. The van der Waals surface area contributed by atoms with Gasteiger partial charge in [0.1, 0.15) is 29.5 Å². The minimum Gasteiger partial charge on any atom is -0.489 e. The van der Waals surface area contributed by atoms with E-state index >= 15 is 0 Å². The number of benzene rings is 3. The number of carbonyl (C=O) groups is 1. The van der Waals surface area contributed by atoms with Crippen LogP contribution in [0.3, 0.4) is 0 Å². The highest BCUT2D eigenvalue weighted by molar-refractivity contribution is 7.99. The van der Waals surface area contributed by atoms with Crippen molar-refractivity contribution in [2.75, 3.05) is 6.61 Å². The average Bonchev–Trinajstić information content (AvgIpc) is 3.05. The van der Waals surface area contributed by atoms with E-state index in [-0.39, 0.29) is 35.5 Å². The Bertz CT molecular complexity index is 1920. The molecule has 1 heterocycles. The first-order valence-corrected chi connectivity index (χ1v) is 16.3. The van der Waals surface area contributed by atoms with Crippen LogP contribution in [0.1, 0.15) is 43.9 Å². The third kappa shape index (κ3) is 10.4. The topological polar surface area (TPSA) is 127 Å². The van der Waals surface area contributed by atoms with Gasteiger partial charge in [-0.15, -0.1) is 0 Å². The molecule has 246 valence electrons. The molecule has 1 aromatic heterocycles. The van der Waals surface area contributed by atoms with Gasteiger partial charge in [0, 0.05) is 33.7 Å². The number of pyridine rings is 1. The first kappa shape index (κ1) is 35.6. The Hall–Kier alpha value is -5.28. The van der Waals surface area contributed by atoms with Crippen molar-refractivity contribution in [1.82, 2.24) is 9.88 Å². The van der Waals surface area contributed by atoms with E-state index in [0.29, 0.717) is 29.5 Å². The van der Waals surface area contributed by atoms with Crippen LogP contribution in [0.15, 0.2) is 131 Å². The lowest BCUT2D eigenvalue weighted by atomic mass is 9.88. The third-order valence-electron chi connectivity index (χ3n) is 7.34. The molecule has 48 heavy (non-hydrogen) atoms. The van der Waals surface area contributed by atoms with Gasteiger partial charge in [-0.1, -0.05) is 93.7 Å². The van der Waals surface area contributed by atoms with Crippen LogP contribution in [0.25, 0.3) is 0 Å². The van der Waals surface area contributed by atoms with Crippen molar-refractivity contribution < 1.29 is 9.53 Å². The lowest BCUT2D eigenvalue weighted by molar-refractivity contribution is -0.119. The minimum absolute atomic E-state index is 0.153. The zero-order chi connectivity index (χ0) is 34.8. The fraction of sp³-hybridized carbons (Fsp3) is 0.205. The molecule has 9 heteroatoms. The first-order chi connectivity index (χ1) is 22.8. The molecule has 0 spiro atoms. The van der Waals surface area contributed by atoms with Gasteiger partial charge in [0.2, 0.25) is 5.91 Å². The number of amidine groups is 1. The second kappa shape index (κ2) is 16.0. The Morgan fingerprint density at radius 1 is 1.00 bits per heavy atom. The van der Waals surface area contributed by atoms with E-state index in [1.165, 1.54) is 16.3 Å². The van der Waals surface area contributed by atoms with E-state index in [2.05, 4.69) is 23.5 Å². The van der Waals surface area contributed by atoms with E-state index in [1.54, 1.807) is 24.4 Å². The van der Waals surface area contributed by atoms with Crippen LogP contribution >= 0.6 is 11.8 Å². The van der Waals surface area contributed by atoms with Crippen molar-refractivity contribution in [2.24, 2.45) is 10.4 Å². The summed E-state index contributed by atoms with van der Waals surface area (Å²) in [7, 11) is 0. The van der Waals surface area contributed by atoms with Crippen LogP contribution in [0.2, 0.25) is 0 Å². The number of carbonyl (C=O) groups excluding carboxylic acids is 1. The molecule has 1 amide bonds. The molecular weight excluding hydrogens is 617 g/mol. The second-order valence-corrected chi connectivity index (χ2v) is 13.6. The van der Waals surface area contributed by atoms with Gasteiger partial charge in [0.15, 0.2) is 0 Å². The smallest absolute Gasteiger partial charge is 0.229 e. The summed E-state index contributed by atoms with van der Waals surface area (Å²) in [6.45, 7) is 15.8. The normalized spacial score (nSPS) is 11.5. The van der Waals surface area contributed by atoms with E-state index in [0.717, 1.165) is 32.2 Å². The third-order valence-corrected chi connectivity index (χ3v) is 8.32. The Balaban J connectivity index is 1.42. The Labute approximate surface area is 286 Å². The molecule has 0 aliphatic heterocycles. The predicted octanol–water partition coefficient (Wildman–Crippen LogP) is 8.27. The summed E-state index contributed by atoms with van der Waals surface area (Å²) in [4.78, 5) is 19.6. The quantitative estimate of drug-likeness (QED) is 0.0695. The summed E-state index contributed by atoms with van der Waals surface area (Å²) < 4.78 is 7.28. The van der Waals surface area contributed by atoms with E-state index < -0.39 is 0 Å². The molecule has 0 fully saturated rings. The first-order valence-electron chi connectivity index (χ1n) is 15.5. The number of rotatable bonds is 12. The molecule has 3 aromatic carbocycles. The van der Waals surface area contributed by atoms with Crippen molar-refractivity contribution in [3.63, 3.8) is 0 Å². The number of hydrogen-bond acceptors (Lipinski definition) is 7. The molecule has 0 radical (unpaired) electrons. The number of aliphatic imine (C=N–C) groups is 1.